The molecule has 1 heterocycles. The van der Waals surface area contributed by atoms with Crippen LogP contribution in [-0.2, 0) is 0 Å². The van der Waals surface area contributed by atoms with E-state index in [1.165, 1.54) is 37.9 Å². The van der Waals surface area contributed by atoms with Crippen LogP contribution >= 0.6 is 0 Å². The van der Waals surface area contributed by atoms with Crippen molar-refractivity contribution in [2.75, 3.05) is 0 Å². The van der Waals surface area contributed by atoms with E-state index in [4.69, 9.17) is 14.0 Å². The normalized spacial score (nSPS) is 13.2. The highest BCUT2D eigenvalue weighted by Gasteiger charge is 2.13. The van der Waals surface area contributed by atoms with Crippen LogP contribution in [0.1, 0.15) is 9.60 Å². The van der Waals surface area contributed by atoms with Crippen molar-refractivity contribution < 1.29 is 14.0 Å². The van der Waals surface area contributed by atoms with Gasteiger partial charge in [-0.2, -0.15) is 0 Å². The van der Waals surface area contributed by atoms with Crippen molar-refractivity contribution in [2.24, 2.45) is 0 Å². The number of benzene rings is 11. The molecule has 0 bridgehead atoms. The van der Waals surface area contributed by atoms with Gasteiger partial charge < -0.3 is 4.42 Å². The lowest BCUT2D eigenvalue weighted by Gasteiger charge is -2.13. The number of hydrogen-bond acceptors (Lipinski definition) is 1. The predicted octanol–water partition coefficient (Wildman–Crippen LogP) is 17.0. The fraction of sp³-hybridized carbons (Fsp3) is 0. The molecule has 0 saturated carbocycles. The molecule has 12 rings (SSSR count). The van der Waals surface area contributed by atoms with Crippen LogP contribution in [-0.4, -0.2) is 0 Å². The smallest absolute Gasteiger partial charge is 0.136 e. The van der Waals surface area contributed by atoms with E-state index in [2.05, 4.69) is 152 Å². The predicted molar refractivity (Wildman–Crippen MR) is 259 cm³/mol. The molecule has 0 unspecified atom stereocenters. The van der Waals surface area contributed by atoms with Crippen LogP contribution in [0.2, 0.25) is 0 Å². The van der Waals surface area contributed by atoms with E-state index in [9.17, 15) is 0 Å². The third-order valence-corrected chi connectivity index (χ3v) is 11.9. The van der Waals surface area contributed by atoms with E-state index >= 15 is 0 Å². The minimum absolute atomic E-state index is 0.0118. The fourth-order valence-corrected chi connectivity index (χ4v) is 8.90. The van der Waals surface area contributed by atoms with Gasteiger partial charge in [0.2, 0.25) is 0 Å². The number of furan rings is 1. The number of para-hydroxylation sites is 1. The van der Waals surface area contributed by atoms with E-state index in [0.717, 1.165) is 50.1 Å². The van der Waals surface area contributed by atoms with Gasteiger partial charge in [0.25, 0.3) is 0 Å². The molecule has 284 valence electrons. The van der Waals surface area contributed by atoms with Crippen molar-refractivity contribution in [3.05, 3.63) is 230 Å². The molecule has 0 fully saturated rings. The summed E-state index contributed by atoms with van der Waals surface area (Å²) in [6, 6.07) is 63.7. The Kier molecular flexibility index (Phi) is 6.70. The van der Waals surface area contributed by atoms with Crippen LogP contribution in [0.15, 0.2) is 235 Å². The maximum absolute atomic E-state index is 9.17. The second-order valence-corrected chi connectivity index (χ2v) is 15.5. The SMILES string of the molecule is [2H]c1c([2H])c([2H])c2c(oc3c([2H])c(-c4cccc(-c5cccc(-c6cccc(-c7cccc(-c8cccc(-c9ccc%10c%11ccccc%11c%11ccccc%11c%10c9)c8)c7)c6)c5)c4)c([2H])c([2H])c32)c1[2H]. The molecule has 0 aliphatic carbocycles. The first-order valence-electron chi connectivity index (χ1n) is 23.9. The summed E-state index contributed by atoms with van der Waals surface area (Å²) in [5.41, 5.74) is 11.2. The third-order valence-electron chi connectivity index (χ3n) is 11.9. The molecule has 0 saturated heterocycles. The van der Waals surface area contributed by atoms with Crippen LogP contribution in [0.25, 0.3) is 121 Å². The zero-order chi connectivity index (χ0) is 46.4. The Morgan fingerprint density at radius 3 is 1.07 bits per heavy atom. The van der Waals surface area contributed by atoms with Crippen molar-refractivity contribution in [3.63, 3.8) is 0 Å². The monoisotopic (exact) mass is 781 g/mol. The zero-order valence-electron chi connectivity index (χ0n) is 39.8. The largest absolute Gasteiger partial charge is 0.456 e. The van der Waals surface area contributed by atoms with Crippen LogP contribution in [0.4, 0.5) is 0 Å². The zero-order valence-corrected chi connectivity index (χ0v) is 32.8. The molecule has 0 spiro atoms. The molecule has 1 aromatic heterocycles. The van der Waals surface area contributed by atoms with Crippen LogP contribution in [0.3, 0.4) is 0 Å². The lowest BCUT2D eigenvalue weighted by molar-refractivity contribution is 0.669. The third kappa shape index (κ3) is 6.18. The lowest BCUT2D eigenvalue weighted by atomic mass is 9.91. The van der Waals surface area contributed by atoms with Gasteiger partial charge in [0.15, 0.2) is 0 Å². The molecule has 0 aliphatic rings. The first-order chi connectivity index (χ1) is 33.1. The van der Waals surface area contributed by atoms with Crippen LogP contribution < -0.4 is 0 Å². The quantitative estimate of drug-likeness (QED) is 0.153. The summed E-state index contributed by atoms with van der Waals surface area (Å²) in [6.45, 7) is 0. The van der Waals surface area contributed by atoms with Crippen LogP contribution in [0, 0.1) is 0 Å². The molecular formula is C60H38O. The van der Waals surface area contributed by atoms with Gasteiger partial charge in [-0.15, -0.1) is 0 Å². The molecule has 61 heavy (non-hydrogen) atoms. The van der Waals surface area contributed by atoms with E-state index in [-0.39, 0.29) is 57.7 Å². The molecule has 1 heteroatoms. The standard InChI is InChI=1S/C60H38O/c1-2-24-53-51(22-1)52-23-3-4-25-54(52)58-37-49(28-30-55(53)58)47-20-10-18-45(35-47)43-16-8-14-41(33-43)39-12-7-13-40(32-39)42-15-9-17-44(34-42)46-19-11-21-48(36-46)50-29-31-57-56-26-5-6-27-59(56)61-60(57)38-50/h1-38H/i5D,6D,26D,27D,29D,31D,38D. The summed E-state index contributed by atoms with van der Waals surface area (Å²) >= 11 is 0. The number of rotatable bonds is 6. The van der Waals surface area contributed by atoms with Gasteiger partial charge in [-0.25, -0.2) is 0 Å². The van der Waals surface area contributed by atoms with Crippen molar-refractivity contribution in [1.82, 2.24) is 0 Å². The lowest BCUT2D eigenvalue weighted by Crippen LogP contribution is -1.86. The molecule has 0 atom stereocenters. The Balaban J connectivity index is 0.859. The summed E-state index contributed by atoms with van der Waals surface area (Å²) in [5, 5.41) is 7.61. The Labute approximate surface area is 364 Å². The summed E-state index contributed by atoms with van der Waals surface area (Å²) in [7, 11) is 0. The topological polar surface area (TPSA) is 13.1 Å². The van der Waals surface area contributed by atoms with Gasteiger partial charge >= 0.3 is 0 Å². The summed E-state index contributed by atoms with van der Waals surface area (Å²) in [6.07, 6.45) is 0. The molecule has 11 aromatic carbocycles. The molecule has 0 aliphatic heterocycles. The average molecular weight is 782 g/mol. The average Bonchev–Trinajstić information content (AvgIpc) is 3.81. The number of fused-ring (bicyclic) bond motifs is 9. The molecular weight excluding hydrogens is 737 g/mol. The Morgan fingerprint density at radius 1 is 0.246 bits per heavy atom. The van der Waals surface area contributed by atoms with Gasteiger partial charge in [-0.1, -0.05) is 176 Å². The minimum Gasteiger partial charge on any atom is -0.456 e. The van der Waals surface area contributed by atoms with Crippen LogP contribution in [0.5, 0.6) is 0 Å². The molecule has 0 radical (unpaired) electrons. The highest BCUT2D eigenvalue weighted by Crippen LogP contribution is 2.39. The summed E-state index contributed by atoms with van der Waals surface area (Å²) < 4.78 is 66.3. The maximum atomic E-state index is 9.17. The van der Waals surface area contributed by atoms with E-state index in [0.29, 0.717) is 5.56 Å². The Morgan fingerprint density at radius 2 is 0.607 bits per heavy atom. The van der Waals surface area contributed by atoms with Gasteiger partial charge in [-0.05, 0) is 154 Å². The van der Waals surface area contributed by atoms with E-state index in [1.807, 2.05) is 30.3 Å². The highest BCUT2D eigenvalue weighted by atomic mass is 16.3. The van der Waals surface area contributed by atoms with Crippen molar-refractivity contribution in [1.29, 1.82) is 0 Å². The van der Waals surface area contributed by atoms with Gasteiger partial charge in [-0.3, -0.25) is 0 Å². The van der Waals surface area contributed by atoms with Crippen molar-refractivity contribution in [2.45, 2.75) is 0 Å². The molecule has 0 amide bonds. The summed E-state index contributed by atoms with van der Waals surface area (Å²) in [5.74, 6) is 0. The highest BCUT2D eigenvalue weighted by molar-refractivity contribution is 6.25. The van der Waals surface area contributed by atoms with E-state index in [1.54, 1.807) is 6.07 Å². The van der Waals surface area contributed by atoms with E-state index < -0.39 is 12.1 Å². The molecule has 0 N–H and O–H groups in total. The molecule has 12 aromatic rings. The number of hydrogen-bond donors (Lipinski definition) is 0. The second kappa shape index (κ2) is 14.4. The van der Waals surface area contributed by atoms with Crippen molar-refractivity contribution >= 4 is 54.3 Å². The fourth-order valence-electron chi connectivity index (χ4n) is 8.90. The minimum atomic E-state index is -0.458. The first-order valence-corrected chi connectivity index (χ1v) is 20.4. The maximum Gasteiger partial charge on any atom is 0.136 e. The van der Waals surface area contributed by atoms with Gasteiger partial charge in [0.05, 0.1) is 9.60 Å². The first kappa shape index (κ1) is 28.4. The Bertz CT molecular complexity index is 4040. The van der Waals surface area contributed by atoms with Gasteiger partial charge in [0, 0.05) is 10.8 Å². The van der Waals surface area contributed by atoms with Gasteiger partial charge in [0.1, 0.15) is 11.2 Å². The Hall–Kier alpha value is -8.00. The van der Waals surface area contributed by atoms with Crippen molar-refractivity contribution in [3.8, 4) is 66.8 Å². The second-order valence-electron chi connectivity index (χ2n) is 15.5. The molecule has 1 nitrogen and oxygen atoms in total. The summed E-state index contributed by atoms with van der Waals surface area (Å²) in [4.78, 5) is 0.